The fourth-order valence-corrected chi connectivity index (χ4v) is 2.12. The topological polar surface area (TPSA) is 90.6 Å². The van der Waals surface area contributed by atoms with Gasteiger partial charge in [0, 0.05) is 0 Å². The molecule has 0 amide bonds. The summed E-state index contributed by atoms with van der Waals surface area (Å²) in [5, 5.41) is 12.6. The largest absolute Gasteiger partial charge is 0.497 e. The quantitative estimate of drug-likeness (QED) is 0.827. The van der Waals surface area contributed by atoms with Crippen molar-refractivity contribution in [2.45, 2.75) is 13.1 Å². The summed E-state index contributed by atoms with van der Waals surface area (Å²) >= 11 is 0. The number of halogens is 3. The fourth-order valence-electron chi connectivity index (χ4n) is 2.12. The Balaban J connectivity index is 2.75. The number of carboxylic acid groups (broad SMARTS) is 1. The molecule has 25 heavy (non-hydrogen) atoms. The van der Waals surface area contributed by atoms with Crippen LogP contribution in [0.4, 0.5) is 13.2 Å². The minimum atomic E-state index is -5.04. The first-order valence-corrected chi connectivity index (χ1v) is 6.95. The lowest BCUT2D eigenvalue weighted by Gasteiger charge is -2.07. The maximum Gasteiger partial charge on any atom is 0.436 e. The van der Waals surface area contributed by atoms with Crippen LogP contribution in [0.2, 0.25) is 0 Å². The van der Waals surface area contributed by atoms with E-state index in [0.717, 1.165) is 0 Å². The molecule has 10 heteroatoms. The van der Waals surface area contributed by atoms with Gasteiger partial charge in [-0.25, -0.2) is 14.3 Å². The highest BCUT2D eigenvalue weighted by atomic mass is 19.4. The van der Waals surface area contributed by atoms with E-state index >= 15 is 0 Å². The highest BCUT2D eigenvalue weighted by Crippen LogP contribution is 2.34. The maximum atomic E-state index is 13.2. The molecule has 134 valence electrons. The first kappa shape index (κ1) is 18.3. The van der Waals surface area contributed by atoms with Gasteiger partial charge in [0.25, 0.3) is 0 Å². The summed E-state index contributed by atoms with van der Waals surface area (Å²) < 4.78 is 49.8. The number of hydrogen-bond acceptors (Lipinski definition) is 5. The van der Waals surface area contributed by atoms with Gasteiger partial charge >= 0.3 is 18.1 Å². The lowest BCUT2D eigenvalue weighted by atomic mass is 10.1. The van der Waals surface area contributed by atoms with Crippen LogP contribution < -0.4 is 4.74 Å². The predicted molar refractivity (Wildman–Crippen MR) is 78.0 cm³/mol. The molecule has 1 N–H and O–H groups in total. The van der Waals surface area contributed by atoms with Crippen LogP contribution in [0, 0.1) is 0 Å². The van der Waals surface area contributed by atoms with E-state index in [1.165, 1.54) is 38.3 Å². The molecule has 0 radical (unpaired) electrons. The number of hydrogen-bond donors (Lipinski definition) is 1. The standard InChI is InChI=1S/C15H13F3N2O5/c1-3-25-14(23)10-11(13(21)22)20(19-12(10)15(16,17)18)8-4-6-9(24-2)7-5-8/h4-7H,3H2,1-2H3,(H,21,22). The summed E-state index contributed by atoms with van der Waals surface area (Å²) in [4.78, 5) is 23.5. The van der Waals surface area contributed by atoms with Crippen LogP contribution in [0.3, 0.4) is 0 Å². The predicted octanol–water partition coefficient (Wildman–Crippen LogP) is 2.77. The minimum Gasteiger partial charge on any atom is -0.497 e. The Kier molecular flexibility index (Phi) is 5.00. The van der Waals surface area contributed by atoms with Crippen molar-refractivity contribution in [3.63, 3.8) is 0 Å². The van der Waals surface area contributed by atoms with Crippen molar-refractivity contribution in [1.82, 2.24) is 9.78 Å². The lowest BCUT2D eigenvalue weighted by molar-refractivity contribution is -0.141. The third-order valence-corrected chi connectivity index (χ3v) is 3.15. The Morgan fingerprint density at radius 1 is 1.24 bits per heavy atom. The third-order valence-electron chi connectivity index (χ3n) is 3.15. The molecule has 2 rings (SSSR count). The first-order chi connectivity index (χ1) is 11.7. The Morgan fingerprint density at radius 3 is 2.28 bits per heavy atom. The number of nitrogens with zero attached hydrogens (tertiary/aromatic N) is 2. The van der Waals surface area contributed by atoms with E-state index < -0.39 is 35.1 Å². The van der Waals surface area contributed by atoms with Crippen molar-refractivity contribution >= 4 is 11.9 Å². The molecule has 0 atom stereocenters. The zero-order valence-electron chi connectivity index (χ0n) is 13.1. The van der Waals surface area contributed by atoms with Crippen molar-refractivity contribution in [1.29, 1.82) is 0 Å². The second-order valence-corrected chi connectivity index (χ2v) is 4.71. The van der Waals surface area contributed by atoms with Crippen LogP contribution in [0.15, 0.2) is 24.3 Å². The van der Waals surface area contributed by atoms with Gasteiger partial charge < -0.3 is 14.6 Å². The Bertz CT molecular complexity index is 797. The number of carbonyl (C=O) groups is 2. The van der Waals surface area contributed by atoms with Crippen molar-refractivity contribution in [2.75, 3.05) is 13.7 Å². The lowest BCUT2D eigenvalue weighted by Crippen LogP contribution is -2.17. The molecule has 0 aliphatic carbocycles. The number of aromatic nitrogens is 2. The number of benzene rings is 1. The monoisotopic (exact) mass is 358 g/mol. The van der Waals surface area contributed by atoms with Gasteiger partial charge in [0.05, 0.1) is 19.4 Å². The average Bonchev–Trinajstić information content (AvgIpc) is 2.96. The minimum absolute atomic E-state index is 0.0132. The van der Waals surface area contributed by atoms with E-state index in [9.17, 15) is 27.9 Å². The van der Waals surface area contributed by atoms with E-state index in [4.69, 9.17) is 4.74 Å². The van der Waals surface area contributed by atoms with Crippen LogP contribution in [-0.2, 0) is 10.9 Å². The first-order valence-electron chi connectivity index (χ1n) is 6.95. The van der Waals surface area contributed by atoms with Crippen LogP contribution in [0.25, 0.3) is 5.69 Å². The van der Waals surface area contributed by atoms with Gasteiger partial charge in [-0.05, 0) is 31.2 Å². The molecule has 0 fully saturated rings. The molecule has 0 unspecified atom stereocenters. The molecule has 0 aliphatic heterocycles. The number of carboxylic acids is 1. The van der Waals surface area contributed by atoms with E-state index in [2.05, 4.69) is 9.84 Å². The highest BCUT2D eigenvalue weighted by Gasteiger charge is 2.44. The van der Waals surface area contributed by atoms with Crippen LogP contribution in [0.5, 0.6) is 5.75 Å². The number of aromatic carboxylic acids is 1. The van der Waals surface area contributed by atoms with E-state index in [-0.39, 0.29) is 12.3 Å². The molecule has 7 nitrogen and oxygen atoms in total. The molecule has 0 spiro atoms. The molecule has 0 saturated carbocycles. The van der Waals surface area contributed by atoms with Gasteiger partial charge in [0.1, 0.15) is 11.3 Å². The van der Waals surface area contributed by atoms with Crippen molar-refractivity contribution in [2.24, 2.45) is 0 Å². The summed E-state index contributed by atoms with van der Waals surface area (Å²) in [5.41, 5.74) is -3.69. The second kappa shape index (κ2) is 6.83. The maximum absolute atomic E-state index is 13.2. The van der Waals surface area contributed by atoms with Gasteiger partial charge in [-0.15, -0.1) is 0 Å². The number of esters is 1. The summed E-state index contributed by atoms with van der Waals surface area (Å²) in [7, 11) is 1.40. The molecular formula is C15H13F3N2O5. The smallest absolute Gasteiger partial charge is 0.436 e. The number of methoxy groups -OCH3 is 1. The summed E-state index contributed by atoms with van der Waals surface area (Å²) in [5.74, 6) is -2.75. The van der Waals surface area contributed by atoms with Crippen LogP contribution in [-0.4, -0.2) is 40.5 Å². The normalized spacial score (nSPS) is 11.2. The summed E-state index contributed by atoms with van der Waals surface area (Å²) in [6, 6.07) is 5.46. The van der Waals surface area contributed by atoms with E-state index in [0.29, 0.717) is 10.4 Å². The zero-order valence-corrected chi connectivity index (χ0v) is 13.1. The van der Waals surface area contributed by atoms with Gasteiger partial charge in [0.2, 0.25) is 0 Å². The van der Waals surface area contributed by atoms with Crippen molar-refractivity contribution in [3.8, 4) is 11.4 Å². The second-order valence-electron chi connectivity index (χ2n) is 4.71. The number of alkyl halides is 3. The van der Waals surface area contributed by atoms with Gasteiger partial charge in [-0.2, -0.15) is 18.3 Å². The van der Waals surface area contributed by atoms with E-state index in [1.807, 2.05) is 0 Å². The molecule has 0 saturated heterocycles. The Labute approximate surface area is 139 Å². The average molecular weight is 358 g/mol. The van der Waals surface area contributed by atoms with Crippen molar-refractivity contribution < 1.29 is 37.3 Å². The van der Waals surface area contributed by atoms with Crippen molar-refractivity contribution in [3.05, 3.63) is 41.2 Å². The Hall–Kier alpha value is -3.04. The number of ether oxygens (including phenoxy) is 2. The summed E-state index contributed by atoms with van der Waals surface area (Å²) in [6.45, 7) is 1.17. The summed E-state index contributed by atoms with van der Waals surface area (Å²) in [6.07, 6.45) is -5.04. The number of rotatable bonds is 5. The molecule has 1 heterocycles. The zero-order chi connectivity index (χ0) is 18.8. The van der Waals surface area contributed by atoms with Gasteiger partial charge in [0.15, 0.2) is 11.4 Å². The molecule has 0 aliphatic rings. The molecule has 0 bridgehead atoms. The SMILES string of the molecule is CCOC(=O)c1c(C(F)(F)F)nn(-c2ccc(OC)cc2)c1C(=O)O. The molecule has 2 aromatic rings. The Morgan fingerprint density at radius 2 is 1.84 bits per heavy atom. The third kappa shape index (κ3) is 3.57. The fraction of sp³-hybridized carbons (Fsp3) is 0.267. The van der Waals surface area contributed by atoms with Gasteiger partial charge in [-0.3, -0.25) is 0 Å². The van der Waals surface area contributed by atoms with Crippen LogP contribution >= 0.6 is 0 Å². The molecule has 1 aromatic carbocycles. The van der Waals surface area contributed by atoms with Gasteiger partial charge in [-0.1, -0.05) is 0 Å². The highest BCUT2D eigenvalue weighted by molar-refractivity contribution is 6.02. The van der Waals surface area contributed by atoms with E-state index in [1.54, 1.807) is 0 Å². The van der Waals surface area contributed by atoms with Crippen LogP contribution in [0.1, 0.15) is 33.5 Å². The molecular weight excluding hydrogens is 345 g/mol. The number of carbonyl (C=O) groups excluding carboxylic acids is 1. The molecule has 1 aromatic heterocycles.